The van der Waals surface area contributed by atoms with E-state index in [1.165, 1.54) is 18.2 Å². The summed E-state index contributed by atoms with van der Waals surface area (Å²) in [6.07, 6.45) is -3.80. The smallest absolute Gasteiger partial charge is 0.406 e. The first kappa shape index (κ1) is 14.6. The Morgan fingerprint density at radius 3 is 2.80 bits per heavy atom. The average molecular weight is 303 g/mol. The lowest BCUT2D eigenvalue weighted by Crippen LogP contribution is -2.17. The van der Waals surface area contributed by atoms with Crippen LogP contribution >= 0.6 is 11.7 Å². The fourth-order valence-electron chi connectivity index (χ4n) is 1.58. The van der Waals surface area contributed by atoms with Crippen molar-refractivity contribution in [2.45, 2.75) is 19.7 Å². The van der Waals surface area contributed by atoms with E-state index in [1.54, 1.807) is 6.07 Å². The number of hydrogen-bond acceptors (Lipinski definition) is 5. The van der Waals surface area contributed by atoms with Crippen LogP contribution in [0.2, 0.25) is 0 Å². The molecule has 0 spiro atoms. The molecular weight excluding hydrogens is 291 g/mol. The number of ether oxygens (including phenoxy) is 1. The van der Waals surface area contributed by atoms with Crippen molar-refractivity contribution < 1.29 is 17.9 Å². The van der Waals surface area contributed by atoms with Crippen molar-refractivity contribution >= 4 is 17.5 Å². The van der Waals surface area contributed by atoms with Crippen LogP contribution in [0.1, 0.15) is 13.3 Å². The summed E-state index contributed by atoms with van der Waals surface area (Å²) in [4.78, 5) is 0. The molecule has 1 heterocycles. The van der Waals surface area contributed by atoms with Crippen molar-refractivity contribution in [1.29, 1.82) is 0 Å². The first-order chi connectivity index (χ1) is 9.49. The van der Waals surface area contributed by atoms with Gasteiger partial charge in [0.25, 0.3) is 0 Å². The molecule has 0 bridgehead atoms. The van der Waals surface area contributed by atoms with E-state index >= 15 is 0 Å². The standard InChI is InChI=1S/C12H12F3N3OS/c1-2-6-16-11-10(17-20-18-11)8-4-3-5-9(7-8)19-12(13,14)15/h3-5,7H,2,6H2,1H3,(H,16,18). The van der Waals surface area contributed by atoms with Crippen LogP contribution in [0.5, 0.6) is 5.75 Å². The second-order valence-electron chi connectivity index (χ2n) is 3.96. The Labute approximate surface area is 117 Å². The van der Waals surface area contributed by atoms with Crippen molar-refractivity contribution in [1.82, 2.24) is 8.75 Å². The van der Waals surface area contributed by atoms with Crippen molar-refractivity contribution in [3.63, 3.8) is 0 Å². The third-order valence-electron chi connectivity index (χ3n) is 2.37. The maximum Gasteiger partial charge on any atom is 0.573 e. The number of nitrogens with one attached hydrogen (secondary N) is 1. The van der Waals surface area contributed by atoms with Crippen molar-refractivity contribution in [3.8, 4) is 17.0 Å². The minimum absolute atomic E-state index is 0.274. The van der Waals surface area contributed by atoms with Gasteiger partial charge in [0.15, 0.2) is 5.82 Å². The van der Waals surface area contributed by atoms with Gasteiger partial charge in [-0.3, -0.25) is 0 Å². The molecule has 2 rings (SSSR count). The number of alkyl halides is 3. The van der Waals surface area contributed by atoms with E-state index in [4.69, 9.17) is 0 Å². The Morgan fingerprint density at radius 1 is 1.30 bits per heavy atom. The highest BCUT2D eigenvalue weighted by Crippen LogP contribution is 2.30. The largest absolute Gasteiger partial charge is 0.573 e. The molecule has 0 aliphatic carbocycles. The predicted molar refractivity (Wildman–Crippen MR) is 70.8 cm³/mol. The molecule has 1 aromatic heterocycles. The van der Waals surface area contributed by atoms with Gasteiger partial charge in [-0.05, 0) is 18.6 Å². The number of anilines is 1. The van der Waals surface area contributed by atoms with Crippen LogP contribution in [0.4, 0.5) is 19.0 Å². The van der Waals surface area contributed by atoms with E-state index in [0.717, 1.165) is 24.7 Å². The van der Waals surface area contributed by atoms with Crippen LogP contribution in [0, 0.1) is 0 Å². The quantitative estimate of drug-likeness (QED) is 0.909. The molecule has 0 radical (unpaired) electrons. The molecule has 0 aliphatic heterocycles. The van der Waals surface area contributed by atoms with Gasteiger partial charge in [0.1, 0.15) is 11.4 Å². The van der Waals surface area contributed by atoms with Gasteiger partial charge in [-0.15, -0.1) is 13.2 Å². The highest BCUT2D eigenvalue weighted by atomic mass is 32.1. The third kappa shape index (κ3) is 3.83. The number of halogens is 3. The molecule has 1 N–H and O–H groups in total. The lowest BCUT2D eigenvalue weighted by molar-refractivity contribution is -0.274. The van der Waals surface area contributed by atoms with Crippen LogP contribution in [0.3, 0.4) is 0 Å². The van der Waals surface area contributed by atoms with E-state index in [-0.39, 0.29) is 5.75 Å². The first-order valence-corrected chi connectivity index (χ1v) is 6.65. The summed E-state index contributed by atoms with van der Waals surface area (Å²) in [6.45, 7) is 2.72. The summed E-state index contributed by atoms with van der Waals surface area (Å²) in [5.74, 6) is 0.297. The zero-order valence-electron chi connectivity index (χ0n) is 10.6. The van der Waals surface area contributed by atoms with Gasteiger partial charge >= 0.3 is 6.36 Å². The second-order valence-corrected chi connectivity index (χ2v) is 4.49. The Kier molecular flexibility index (Phi) is 4.43. The SMILES string of the molecule is CCCNc1nsnc1-c1cccc(OC(F)(F)F)c1. The topological polar surface area (TPSA) is 47.0 Å². The molecule has 108 valence electrons. The maximum atomic E-state index is 12.2. The molecular formula is C12H12F3N3OS. The molecule has 0 saturated carbocycles. The second kappa shape index (κ2) is 6.08. The number of nitrogens with zero attached hydrogens (tertiary/aromatic N) is 2. The lowest BCUT2D eigenvalue weighted by Gasteiger charge is -2.10. The van der Waals surface area contributed by atoms with Gasteiger partial charge < -0.3 is 10.1 Å². The Morgan fingerprint density at radius 2 is 2.10 bits per heavy atom. The summed E-state index contributed by atoms with van der Waals surface area (Å²) in [5.41, 5.74) is 1.05. The van der Waals surface area contributed by atoms with Crippen LogP contribution in [0.25, 0.3) is 11.3 Å². The zero-order chi connectivity index (χ0) is 14.6. The van der Waals surface area contributed by atoms with Gasteiger partial charge in [-0.2, -0.15) is 8.75 Å². The molecule has 0 aliphatic rings. The molecule has 0 fully saturated rings. The van der Waals surface area contributed by atoms with Crippen LogP contribution in [0.15, 0.2) is 24.3 Å². The van der Waals surface area contributed by atoms with Crippen molar-refractivity contribution in [2.75, 3.05) is 11.9 Å². The highest BCUT2D eigenvalue weighted by Gasteiger charge is 2.31. The minimum Gasteiger partial charge on any atom is -0.406 e. The number of hydrogen-bond donors (Lipinski definition) is 1. The van der Waals surface area contributed by atoms with E-state index in [0.29, 0.717) is 17.1 Å². The lowest BCUT2D eigenvalue weighted by atomic mass is 10.1. The maximum absolute atomic E-state index is 12.2. The van der Waals surface area contributed by atoms with E-state index < -0.39 is 6.36 Å². The van der Waals surface area contributed by atoms with Crippen LogP contribution in [-0.2, 0) is 0 Å². The molecule has 0 unspecified atom stereocenters. The van der Waals surface area contributed by atoms with Gasteiger partial charge in [0.05, 0.1) is 11.7 Å². The average Bonchev–Trinajstić information content (AvgIpc) is 2.83. The van der Waals surface area contributed by atoms with E-state index in [9.17, 15) is 13.2 Å². The van der Waals surface area contributed by atoms with E-state index in [1.807, 2.05) is 6.92 Å². The normalized spacial score (nSPS) is 11.4. The predicted octanol–water partition coefficient (Wildman–Crippen LogP) is 3.93. The van der Waals surface area contributed by atoms with Gasteiger partial charge in [-0.25, -0.2) is 0 Å². The third-order valence-corrected chi connectivity index (χ3v) is 2.90. The van der Waals surface area contributed by atoms with Crippen LogP contribution < -0.4 is 10.1 Å². The molecule has 0 saturated heterocycles. The number of aromatic nitrogens is 2. The highest BCUT2D eigenvalue weighted by molar-refractivity contribution is 6.99. The molecule has 20 heavy (non-hydrogen) atoms. The van der Waals surface area contributed by atoms with Crippen molar-refractivity contribution in [2.24, 2.45) is 0 Å². The number of rotatable bonds is 5. The Bertz CT molecular complexity index is 571. The summed E-state index contributed by atoms with van der Waals surface area (Å²) in [6, 6.07) is 5.69. The molecule has 4 nitrogen and oxygen atoms in total. The number of benzene rings is 1. The molecule has 8 heteroatoms. The summed E-state index contributed by atoms with van der Waals surface area (Å²) in [7, 11) is 0. The summed E-state index contributed by atoms with van der Waals surface area (Å²) < 4.78 is 48.7. The fourth-order valence-corrected chi connectivity index (χ4v) is 2.12. The Hall–Kier alpha value is -1.83. The summed E-state index contributed by atoms with van der Waals surface area (Å²) >= 11 is 1.00. The Balaban J connectivity index is 2.25. The van der Waals surface area contributed by atoms with Gasteiger partial charge in [0.2, 0.25) is 0 Å². The molecule has 1 aromatic carbocycles. The first-order valence-electron chi connectivity index (χ1n) is 5.92. The van der Waals surface area contributed by atoms with Gasteiger partial charge in [-0.1, -0.05) is 19.1 Å². The minimum atomic E-state index is -4.71. The van der Waals surface area contributed by atoms with Gasteiger partial charge in [0, 0.05) is 12.1 Å². The molecule has 2 aromatic rings. The zero-order valence-corrected chi connectivity index (χ0v) is 11.4. The van der Waals surface area contributed by atoms with Crippen molar-refractivity contribution in [3.05, 3.63) is 24.3 Å². The molecule has 0 atom stereocenters. The molecule has 0 amide bonds. The van der Waals surface area contributed by atoms with Crippen LogP contribution in [-0.4, -0.2) is 21.7 Å². The fraction of sp³-hybridized carbons (Fsp3) is 0.333. The summed E-state index contributed by atoms with van der Waals surface area (Å²) in [5, 5.41) is 3.08. The monoisotopic (exact) mass is 303 g/mol. The van der Waals surface area contributed by atoms with E-state index in [2.05, 4.69) is 18.8 Å².